The van der Waals surface area contributed by atoms with Crippen LogP contribution in [0.25, 0.3) is 0 Å². The van der Waals surface area contributed by atoms with Crippen LogP contribution in [-0.2, 0) is 0 Å². The number of aliphatic hydroxyl groups excluding tert-OH is 1. The number of aliphatic hydroxyl groups is 1. The molecule has 27 heavy (non-hydrogen) atoms. The van der Waals surface area contributed by atoms with E-state index in [2.05, 4.69) is 15.6 Å². The molecule has 2 rings (SSSR count). The van der Waals surface area contributed by atoms with Crippen molar-refractivity contribution in [1.29, 1.82) is 0 Å². The topological polar surface area (TPSA) is 56.7 Å². The van der Waals surface area contributed by atoms with Gasteiger partial charge in [-0.2, -0.15) is 0 Å². The van der Waals surface area contributed by atoms with Crippen LogP contribution < -0.4 is 10.6 Å². The van der Waals surface area contributed by atoms with Crippen molar-refractivity contribution in [3.63, 3.8) is 0 Å². The van der Waals surface area contributed by atoms with Crippen LogP contribution in [0.15, 0.2) is 47.5 Å². The van der Waals surface area contributed by atoms with Gasteiger partial charge in [-0.1, -0.05) is 35.9 Å². The summed E-state index contributed by atoms with van der Waals surface area (Å²) in [5, 5.41) is 16.9. The van der Waals surface area contributed by atoms with Crippen LogP contribution in [0.3, 0.4) is 0 Å². The van der Waals surface area contributed by atoms with Crippen molar-refractivity contribution in [1.82, 2.24) is 10.6 Å². The summed E-state index contributed by atoms with van der Waals surface area (Å²) in [6.07, 6.45) is -0.849. The molecule has 0 saturated carbocycles. The molecule has 148 valence electrons. The highest BCUT2D eigenvalue weighted by atomic mass is 127. The second-order valence-electron chi connectivity index (χ2n) is 5.80. The molecular weight excluding hydrogens is 487 g/mol. The summed E-state index contributed by atoms with van der Waals surface area (Å²) in [6.45, 7) is 4.43. The van der Waals surface area contributed by atoms with Gasteiger partial charge in [0.15, 0.2) is 17.6 Å². The molecule has 2 aromatic carbocycles. The average Bonchev–Trinajstić information content (AvgIpc) is 2.62. The van der Waals surface area contributed by atoms with Crippen LogP contribution >= 0.6 is 35.6 Å². The van der Waals surface area contributed by atoms with Gasteiger partial charge in [0.1, 0.15) is 6.10 Å². The Hall–Kier alpha value is -1.45. The van der Waals surface area contributed by atoms with E-state index in [1.54, 1.807) is 24.3 Å². The summed E-state index contributed by atoms with van der Waals surface area (Å²) < 4.78 is 26.5. The molecule has 0 fully saturated rings. The normalized spacial score (nSPS) is 13.5. The zero-order chi connectivity index (χ0) is 19.1. The van der Waals surface area contributed by atoms with Crippen molar-refractivity contribution in [3.05, 3.63) is 70.2 Å². The maximum Gasteiger partial charge on any atom is 0.191 e. The van der Waals surface area contributed by atoms with Crippen molar-refractivity contribution in [3.8, 4) is 0 Å². The molecule has 0 spiro atoms. The standard InChI is InChI=1S/C19H22ClF2N3O.HI/c1-3-23-19(24-11-18(26)14-6-4-5-7-15(14)20)25-12(2)13-8-9-16(21)17(22)10-13;/h4-10,12,18,26H,3,11H2,1-2H3,(H2,23,24,25);1H. The van der Waals surface area contributed by atoms with Crippen LogP contribution in [0.1, 0.15) is 37.1 Å². The molecule has 3 N–H and O–H groups in total. The summed E-state index contributed by atoms with van der Waals surface area (Å²) in [6, 6.07) is 10.5. The van der Waals surface area contributed by atoms with E-state index < -0.39 is 17.7 Å². The van der Waals surface area contributed by atoms with Crippen LogP contribution in [0.5, 0.6) is 0 Å². The van der Waals surface area contributed by atoms with E-state index >= 15 is 0 Å². The highest BCUT2D eigenvalue weighted by Crippen LogP contribution is 2.22. The molecule has 0 saturated heterocycles. The number of benzene rings is 2. The Labute approximate surface area is 180 Å². The predicted octanol–water partition coefficient (Wildman–Crippen LogP) is 4.59. The zero-order valence-electron chi connectivity index (χ0n) is 15.0. The quantitative estimate of drug-likeness (QED) is 0.303. The third-order valence-corrected chi connectivity index (χ3v) is 4.17. The van der Waals surface area contributed by atoms with Crippen LogP contribution in [-0.4, -0.2) is 24.2 Å². The lowest BCUT2D eigenvalue weighted by molar-refractivity contribution is 0.187. The fourth-order valence-corrected chi connectivity index (χ4v) is 2.67. The molecule has 8 heteroatoms. The van der Waals surface area contributed by atoms with Gasteiger partial charge in [-0.15, -0.1) is 24.0 Å². The number of hydrogen-bond donors (Lipinski definition) is 3. The van der Waals surface area contributed by atoms with Crippen LogP contribution in [0.2, 0.25) is 5.02 Å². The van der Waals surface area contributed by atoms with Crippen LogP contribution in [0, 0.1) is 11.6 Å². The fourth-order valence-electron chi connectivity index (χ4n) is 2.41. The van der Waals surface area contributed by atoms with E-state index in [0.717, 1.165) is 12.1 Å². The number of halogens is 4. The van der Waals surface area contributed by atoms with Gasteiger partial charge in [-0.25, -0.2) is 8.78 Å². The van der Waals surface area contributed by atoms with E-state index in [1.165, 1.54) is 6.07 Å². The minimum atomic E-state index is -0.896. The first-order chi connectivity index (χ1) is 12.4. The summed E-state index contributed by atoms with van der Waals surface area (Å²) in [5.74, 6) is -1.33. The number of aliphatic imine (C=N–C) groups is 1. The lowest BCUT2D eigenvalue weighted by Crippen LogP contribution is -2.39. The minimum Gasteiger partial charge on any atom is -0.386 e. The monoisotopic (exact) mass is 509 g/mol. The summed E-state index contributed by atoms with van der Waals surface area (Å²) in [5.41, 5.74) is 1.18. The first kappa shape index (κ1) is 23.6. The van der Waals surface area contributed by atoms with Gasteiger partial charge in [0, 0.05) is 17.1 Å². The maximum absolute atomic E-state index is 13.4. The molecule has 2 unspecified atom stereocenters. The Morgan fingerprint density at radius 1 is 1.19 bits per heavy atom. The van der Waals surface area contributed by atoms with Crippen molar-refractivity contribution < 1.29 is 13.9 Å². The van der Waals surface area contributed by atoms with Crippen molar-refractivity contribution >= 4 is 41.5 Å². The smallest absolute Gasteiger partial charge is 0.191 e. The van der Waals surface area contributed by atoms with E-state index in [9.17, 15) is 13.9 Å². The Bertz CT molecular complexity index is 776. The predicted molar refractivity (Wildman–Crippen MR) is 116 cm³/mol. The molecule has 0 heterocycles. The molecule has 0 aliphatic heterocycles. The first-order valence-electron chi connectivity index (χ1n) is 8.34. The third-order valence-electron chi connectivity index (χ3n) is 3.83. The van der Waals surface area contributed by atoms with Crippen molar-refractivity contribution in [2.45, 2.75) is 26.0 Å². The molecular formula is C19H23ClF2IN3O. The van der Waals surface area contributed by atoms with Gasteiger partial charge in [0.25, 0.3) is 0 Å². The average molecular weight is 510 g/mol. The first-order valence-corrected chi connectivity index (χ1v) is 8.72. The second kappa shape index (κ2) is 11.4. The van der Waals surface area contributed by atoms with E-state index in [1.807, 2.05) is 13.8 Å². The SMILES string of the molecule is CCNC(=NCC(O)c1ccccc1Cl)NC(C)c1ccc(F)c(F)c1.I. The number of rotatable bonds is 6. The molecule has 4 nitrogen and oxygen atoms in total. The zero-order valence-corrected chi connectivity index (χ0v) is 18.1. The molecule has 0 radical (unpaired) electrons. The Balaban J connectivity index is 0.00000364. The molecule has 2 atom stereocenters. The number of hydrogen-bond acceptors (Lipinski definition) is 2. The summed E-state index contributed by atoms with van der Waals surface area (Å²) in [7, 11) is 0. The van der Waals surface area contributed by atoms with Gasteiger partial charge in [-0.3, -0.25) is 4.99 Å². The summed E-state index contributed by atoms with van der Waals surface area (Å²) in [4.78, 5) is 4.35. The highest BCUT2D eigenvalue weighted by molar-refractivity contribution is 14.0. The molecule has 0 bridgehead atoms. The third kappa shape index (κ3) is 6.90. The molecule has 0 aromatic heterocycles. The van der Waals surface area contributed by atoms with Gasteiger partial charge < -0.3 is 15.7 Å². The lowest BCUT2D eigenvalue weighted by Gasteiger charge is -2.19. The molecule has 0 aliphatic carbocycles. The van der Waals surface area contributed by atoms with Gasteiger partial charge in [0.05, 0.1) is 12.6 Å². The maximum atomic E-state index is 13.4. The molecule has 0 amide bonds. The number of nitrogens with one attached hydrogen (secondary N) is 2. The summed E-state index contributed by atoms with van der Waals surface area (Å²) >= 11 is 6.08. The minimum absolute atomic E-state index is 0. The Morgan fingerprint density at radius 3 is 2.52 bits per heavy atom. The van der Waals surface area contributed by atoms with E-state index in [4.69, 9.17) is 11.6 Å². The van der Waals surface area contributed by atoms with Crippen LogP contribution in [0.4, 0.5) is 8.78 Å². The Morgan fingerprint density at radius 2 is 1.89 bits per heavy atom. The lowest BCUT2D eigenvalue weighted by atomic mass is 10.1. The van der Waals surface area contributed by atoms with E-state index in [-0.39, 0.29) is 36.6 Å². The van der Waals surface area contributed by atoms with Gasteiger partial charge >= 0.3 is 0 Å². The largest absolute Gasteiger partial charge is 0.386 e. The molecule has 2 aromatic rings. The van der Waals surface area contributed by atoms with E-state index in [0.29, 0.717) is 28.7 Å². The highest BCUT2D eigenvalue weighted by Gasteiger charge is 2.13. The van der Waals surface area contributed by atoms with Crippen molar-refractivity contribution in [2.24, 2.45) is 4.99 Å². The fraction of sp³-hybridized carbons (Fsp3) is 0.316. The number of guanidine groups is 1. The van der Waals surface area contributed by atoms with Gasteiger partial charge in [0.2, 0.25) is 0 Å². The van der Waals surface area contributed by atoms with Gasteiger partial charge in [-0.05, 0) is 37.6 Å². The van der Waals surface area contributed by atoms with Crippen molar-refractivity contribution in [2.75, 3.05) is 13.1 Å². The Kier molecular flexibility index (Phi) is 9.97. The number of nitrogens with zero attached hydrogens (tertiary/aromatic N) is 1. The molecule has 0 aliphatic rings. The second-order valence-corrected chi connectivity index (χ2v) is 6.20.